The fourth-order valence-corrected chi connectivity index (χ4v) is 3.44. The topological polar surface area (TPSA) is 235 Å². The van der Waals surface area contributed by atoms with Crippen LogP contribution < -0.4 is 33.2 Å². The zero-order valence-electron chi connectivity index (χ0n) is 20.8. The van der Waals surface area contributed by atoms with E-state index >= 15 is 0 Å². The molecule has 0 saturated heterocycles. The molecule has 0 aromatic carbocycles. The fourth-order valence-electron chi connectivity index (χ4n) is 2.97. The van der Waals surface area contributed by atoms with Crippen molar-refractivity contribution in [2.24, 2.45) is 28.1 Å². The van der Waals surface area contributed by atoms with E-state index in [4.69, 9.17) is 17.2 Å². The first kappa shape index (κ1) is 32.4. The van der Waals surface area contributed by atoms with Crippen LogP contribution in [-0.2, 0) is 19.2 Å². The van der Waals surface area contributed by atoms with Gasteiger partial charge in [-0.05, 0) is 44.1 Å². The molecular formula is C21H41N7O6S. The first-order valence-electron chi connectivity index (χ1n) is 11.5. The molecule has 0 bridgehead atoms. The number of nitrogens with one attached hydrogen (secondary N) is 3. The Bertz CT molecular complexity index is 733. The van der Waals surface area contributed by atoms with Crippen LogP contribution in [0.15, 0.2) is 4.99 Å². The molecule has 14 heteroatoms. The van der Waals surface area contributed by atoms with Gasteiger partial charge in [-0.3, -0.25) is 19.4 Å². The minimum Gasteiger partial charge on any atom is -0.480 e. The quantitative estimate of drug-likeness (QED) is 0.0602. The Kier molecular flexibility index (Phi) is 15.7. The van der Waals surface area contributed by atoms with Gasteiger partial charge >= 0.3 is 5.97 Å². The second kappa shape index (κ2) is 16.9. The molecule has 11 N–H and O–H groups in total. The van der Waals surface area contributed by atoms with E-state index in [9.17, 15) is 29.4 Å². The number of aliphatic carboxylic acids is 1. The first-order valence-corrected chi connectivity index (χ1v) is 12.9. The summed E-state index contributed by atoms with van der Waals surface area (Å²) < 4.78 is 0. The van der Waals surface area contributed by atoms with Gasteiger partial charge in [0.1, 0.15) is 18.1 Å². The Balaban J connectivity index is 5.36. The lowest BCUT2D eigenvalue weighted by Crippen LogP contribution is -2.60. The molecule has 6 unspecified atom stereocenters. The number of hydrogen-bond acceptors (Lipinski definition) is 8. The lowest BCUT2D eigenvalue weighted by molar-refractivity contribution is -0.143. The maximum atomic E-state index is 12.9. The number of rotatable bonds is 17. The highest BCUT2D eigenvalue weighted by molar-refractivity contribution is 7.98. The lowest BCUT2D eigenvalue weighted by atomic mass is 9.99. The first-order chi connectivity index (χ1) is 16.3. The second-order valence-corrected chi connectivity index (χ2v) is 9.31. The number of aliphatic imine (C=N–C) groups is 1. The number of carboxylic acid groups (broad SMARTS) is 1. The third-order valence-corrected chi connectivity index (χ3v) is 6.07. The molecule has 6 atom stereocenters. The number of guanidine groups is 1. The van der Waals surface area contributed by atoms with Gasteiger partial charge in [0, 0.05) is 6.54 Å². The summed E-state index contributed by atoms with van der Waals surface area (Å²) in [6.45, 7) is 5.18. The summed E-state index contributed by atoms with van der Waals surface area (Å²) in [6.07, 6.45) is 1.75. The van der Waals surface area contributed by atoms with Gasteiger partial charge in [-0.15, -0.1) is 0 Å². The van der Waals surface area contributed by atoms with E-state index in [0.29, 0.717) is 12.2 Å². The van der Waals surface area contributed by atoms with Crippen LogP contribution in [-0.4, -0.2) is 88.7 Å². The number of thioether (sulfide) groups is 1. The van der Waals surface area contributed by atoms with Crippen molar-refractivity contribution in [3.8, 4) is 0 Å². The van der Waals surface area contributed by atoms with E-state index in [1.165, 1.54) is 18.7 Å². The summed E-state index contributed by atoms with van der Waals surface area (Å²) >= 11 is 1.47. The van der Waals surface area contributed by atoms with Crippen molar-refractivity contribution in [1.29, 1.82) is 0 Å². The Hall–Kier alpha value is -2.58. The number of hydrogen-bond donors (Lipinski definition) is 8. The average Bonchev–Trinajstić information content (AvgIpc) is 2.79. The molecule has 0 aromatic heterocycles. The molecular weight excluding hydrogens is 478 g/mol. The van der Waals surface area contributed by atoms with Crippen LogP contribution in [0.3, 0.4) is 0 Å². The minimum absolute atomic E-state index is 0.0260. The van der Waals surface area contributed by atoms with Crippen molar-refractivity contribution >= 4 is 41.4 Å². The maximum absolute atomic E-state index is 12.9. The Morgan fingerprint density at radius 1 is 0.971 bits per heavy atom. The van der Waals surface area contributed by atoms with E-state index in [0.717, 1.165) is 0 Å². The van der Waals surface area contributed by atoms with E-state index in [-0.39, 0.29) is 37.7 Å². The monoisotopic (exact) mass is 519 g/mol. The largest absolute Gasteiger partial charge is 0.480 e. The van der Waals surface area contributed by atoms with Gasteiger partial charge in [-0.25, -0.2) is 4.79 Å². The molecule has 3 amide bonds. The van der Waals surface area contributed by atoms with Crippen LogP contribution in [0, 0.1) is 5.92 Å². The summed E-state index contributed by atoms with van der Waals surface area (Å²) in [4.78, 5) is 53.5. The molecule has 0 rings (SSSR count). The molecule has 0 radical (unpaired) electrons. The third kappa shape index (κ3) is 12.6. The van der Waals surface area contributed by atoms with Gasteiger partial charge < -0.3 is 43.4 Å². The highest BCUT2D eigenvalue weighted by Crippen LogP contribution is 2.08. The predicted molar refractivity (Wildman–Crippen MR) is 135 cm³/mol. The summed E-state index contributed by atoms with van der Waals surface area (Å²) in [5, 5.41) is 26.9. The van der Waals surface area contributed by atoms with Crippen molar-refractivity contribution in [3.05, 3.63) is 0 Å². The molecule has 35 heavy (non-hydrogen) atoms. The number of carboxylic acids is 1. The van der Waals surface area contributed by atoms with Gasteiger partial charge in [0.15, 0.2) is 5.96 Å². The van der Waals surface area contributed by atoms with Gasteiger partial charge in [0.05, 0.1) is 12.1 Å². The molecule has 0 aromatic rings. The third-order valence-electron chi connectivity index (χ3n) is 5.43. The van der Waals surface area contributed by atoms with Gasteiger partial charge in [0.25, 0.3) is 0 Å². The zero-order chi connectivity index (χ0) is 27.1. The van der Waals surface area contributed by atoms with E-state index in [1.54, 1.807) is 0 Å². The van der Waals surface area contributed by atoms with Crippen LogP contribution in [0.25, 0.3) is 0 Å². The van der Waals surface area contributed by atoms with E-state index in [1.807, 2.05) is 20.1 Å². The molecule has 0 spiro atoms. The number of nitrogens with two attached hydrogens (primary N) is 3. The van der Waals surface area contributed by atoms with Crippen LogP contribution >= 0.6 is 11.8 Å². The molecule has 13 nitrogen and oxygen atoms in total. The van der Waals surface area contributed by atoms with Crippen molar-refractivity contribution in [2.75, 3.05) is 18.6 Å². The SMILES string of the molecule is CCC(C)C(N)C(=O)NC(CCSC)C(=O)NC(C(=O)NC(CCCN=C(N)N)C(=O)O)C(C)O. The summed E-state index contributed by atoms with van der Waals surface area (Å²) in [5.74, 6) is -3.05. The number of nitrogens with zero attached hydrogens (tertiary/aromatic N) is 1. The van der Waals surface area contributed by atoms with Crippen LogP contribution in [0.2, 0.25) is 0 Å². The van der Waals surface area contributed by atoms with Crippen molar-refractivity contribution in [3.63, 3.8) is 0 Å². The van der Waals surface area contributed by atoms with Crippen LogP contribution in [0.5, 0.6) is 0 Å². The lowest BCUT2D eigenvalue weighted by Gasteiger charge is -2.27. The number of aliphatic hydroxyl groups is 1. The Morgan fingerprint density at radius 3 is 2.06 bits per heavy atom. The van der Waals surface area contributed by atoms with E-state index < -0.39 is 54.0 Å². The number of amides is 3. The molecule has 0 aliphatic rings. The average molecular weight is 520 g/mol. The smallest absolute Gasteiger partial charge is 0.326 e. The Morgan fingerprint density at radius 2 is 1.57 bits per heavy atom. The van der Waals surface area contributed by atoms with Crippen molar-refractivity contribution in [2.45, 2.75) is 76.7 Å². The summed E-state index contributed by atoms with van der Waals surface area (Å²) in [6, 6.07) is -4.53. The van der Waals surface area contributed by atoms with Gasteiger partial charge in [-0.2, -0.15) is 11.8 Å². The van der Waals surface area contributed by atoms with Crippen LogP contribution in [0.1, 0.15) is 46.5 Å². The summed E-state index contributed by atoms with van der Waals surface area (Å²) in [7, 11) is 0. The highest BCUT2D eigenvalue weighted by atomic mass is 32.2. The van der Waals surface area contributed by atoms with Gasteiger partial charge in [0.2, 0.25) is 17.7 Å². The molecule has 0 fully saturated rings. The zero-order valence-corrected chi connectivity index (χ0v) is 21.6. The molecule has 202 valence electrons. The second-order valence-electron chi connectivity index (χ2n) is 8.33. The number of carbonyl (C=O) groups excluding carboxylic acids is 3. The normalized spacial score (nSPS) is 16.1. The van der Waals surface area contributed by atoms with Gasteiger partial charge in [-0.1, -0.05) is 20.3 Å². The van der Waals surface area contributed by atoms with Crippen LogP contribution in [0.4, 0.5) is 0 Å². The molecule has 0 heterocycles. The minimum atomic E-state index is -1.45. The molecule has 0 aliphatic carbocycles. The summed E-state index contributed by atoms with van der Waals surface area (Å²) in [5.41, 5.74) is 16.4. The standard InChI is InChI=1S/C21H41N7O6S/c1-5-11(2)15(22)18(31)26-13(8-10-35-4)17(30)28-16(12(3)29)19(32)27-14(20(33)34)7-6-9-25-21(23)24/h11-16,29H,5-10,22H2,1-4H3,(H,26,31)(H,27,32)(H,28,30)(H,33,34)(H4,23,24,25). The van der Waals surface area contributed by atoms with Crippen molar-refractivity contribution < 1.29 is 29.4 Å². The van der Waals surface area contributed by atoms with E-state index in [2.05, 4.69) is 20.9 Å². The number of carbonyl (C=O) groups is 4. The fraction of sp³-hybridized carbons (Fsp3) is 0.762. The Labute approximate surface area is 210 Å². The number of aliphatic hydroxyl groups excluding tert-OH is 1. The predicted octanol–water partition coefficient (Wildman–Crippen LogP) is -1.91. The van der Waals surface area contributed by atoms with Crippen molar-refractivity contribution in [1.82, 2.24) is 16.0 Å². The maximum Gasteiger partial charge on any atom is 0.326 e. The molecule has 0 saturated carbocycles. The highest BCUT2D eigenvalue weighted by Gasteiger charge is 2.33. The molecule has 0 aliphatic heterocycles.